The van der Waals surface area contributed by atoms with Gasteiger partial charge in [0.25, 0.3) is 0 Å². The molecular weight excluding hydrogens is 762 g/mol. The Hall–Kier alpha value is -2.59. The molecule has 0 N–H and O–H groups in total. The van der Waals surface area contributed by atoms with Gasteiger partial charge in [-0.1, -0.05) is 0 Å². The maximum absolute atomic E-state index is 5.47. The average molecular weight is 804 g/mol. The monoisotopic (exact) mass is 804 g/mol. The van der Waals surface area contributed by atoms with E-state index in [0.29, 0.717) is 7.35 Å². The van der Waals surface area contributed by atoms with Crippen molar-refractivity contribution in [2.24, 2.45) is 0 Å². The maximum atomic E-state index is 5.47. The van der Waals surface area contributed by atoms with Crippen molar-refractivity contribution in [3.63, 3.8) is 0 Å². The molecule has 232 valence electrons. The summed E-state index contributed by atoms with van der Waals surface area (Å²) in [5.74, 6) is 1.82. The number of halogens is 2. The molecule has 1 fully saturated rings. The molecule has 1 aliphatic heterocycles. The minimum Gasteiger partial charge on any atom is -1.00 e. The molecule has 0 saturated carbocycles. The fraction of sp³-hybridized carbons (Fsp3) is 0.300. The van der Waals surface area contributed by atoms with Gasteiger partial charge in [-0.3, -0.25) is 0 Å². The molecular formula is C40H42Cl2HfO2. The molecule has 2 aliphatic carbocycles. The Morgan fingerprint density at radius 1 is 0.578 bits per heavy atom. The number of ether oxygens (including phenoxy) is 2. The molecule has 5 heteroatoms. The van der Waals surface area contributed by atoms with E-state index in [0.717, 1.165) is 11.5 Å². The number of methoxy groups -OCH3 is 2. The van der Waals surface area contributed by atoms with E-state index in [-0.39, 0.29) is 24.8 Å². The van der Waals surface area contributed by atoms with Gasteiger partial charge in [-0.2, -0.15) is 0 Å². The number of rotatable bonds is 10. The quantitative estimate of drug-likeness (QED) is 0.205. The van der Waals surface area contributed by atoms with Crippen molar-refractivity contribution in [3.05, 3.63) is 118 Å². The fourth-order valence-electron chi connectivity index (χ4n) is 8.23. The van der Waals surface area contributed by atoms with Crippen LogP contribution in [0.15, 0.2) is 96.1 Å². The number of benzene rings is 4. The van der Waals surface area contributed by atoms with Crippen molar-refractivity contribution in [2.45, 2.75) is 55.2 Å². The van der Waals surface area contributed by atoms with Gasteiger partial charge < -0.3 is 24.8 Å². The summed E-state index contributed by atoms with van der Waals surface area (Å²) < 4.78 is 15.3. The molecule has 0 spiro atoms. The molecule has 2 nitrogen and oxygen atoms in total. The maximum Gasteiger partial charge on any atom is -1.00 e. The Morgan fingerprint density at radius 3 is 1.31 bits per heavy atom. The second-order valence-corrected chi connectivity index (χ2v) is 29.2. The van der Waals surface area contributed by atoms with Gasteiger partial charge in [-0.05, 0) is 0 Å². The third-order valence-corrected chi connectivity index (χ3v) is 29.3. The van der Waals surface area contributed by atoms with Gasteiger partial charge in [0.2, 0.25) is 0 Å². The topological polar surface area (TPSA) is 18.5 Å². The summed E-state index contributed by atoms with van der Waals surface area (Å²) in [6.45, 7) is 4.71. The summed E-state index contributed by atoms with van der Waals surface area (Å²) in [5, 5.41) is 0. The normalized spacial score (nSPS) is 17.8. The van der Waals surface area contributed by atoms with Crippen LogP contribution in [-0.2, 0) is 20.0 Å². The van der Waals surface area contributed by atoms with Crippen LogP contribution in [0.25, 0.3) is 34.4 Å². The molecule has 3 aliphatic rings. The zero-order valence-corrected chi connectivity index (χ0v) is 31.8. The second-order valence-electron chi connectivity index (χ2n) is 12.6. The molecule has 1 saturated heterocycles. The first-order valence-corrected chi connectivity index (χ1v) is 25.3. The van der Waals surface area contributed by atoms with Crippen molar-refractivity contribution >= 4 is 12.2 Å². The number of hydrogen-bond acceptors (Lipinski definition) is 2. The summed E-state index contributed by atoms with van der Waals surface area (Å²) >= 11 is -2.93. The van der Waals surface area contributed by atoms with E-state index >= 15 is 0 Å². The van der Waals surface area contributed by atoms with Crippen LogP contribution in [0.3, 0.4) is 0 Å². The number of allylic oxidation sites excluding steroid dienone is 2. The van der Waals surface area contributed by atoms with E-state index in [9.17, 15) is 0 Å². The van der Waals surface area contributed by atoms with Gasteiger partial charge in [0, 0.05) is 0 Å². The fourth-order valence-corrected chi connectivity index (χ4v) is 36.3. The smallest absolute Gasteiger partial charge is 1.00 e. The molecule has 7 rings (SSSR count). The first kappa shape index (κ1) is 33.8. The van der Waals surface area contributed by atoms with Gasteiger partial charge >= 0.3 is 263 Å². The van der Waals surface area contributed by atoms with Crippen LogP contribution < -0.4 is 34.3 Å². The van der Waals surface area contributed by atoms with Crippen LogP contribution >= 0.6 is 0 Å². The minimum atomic E-state index is -2.93. The first-order valence-electron chi connectivity index (χ1n) is 16.1. The Morgan fingerprint density at radius 2 is 0.978 bits per heavy atom. The molecule has 0 amide bonds. The van der Waals surface area contributed by atoms with Crippen LogP contribution in [0.5, 0.6) is 11.5 Å². The average Bonchev–Trinajstić information content (AvgIpc) is 3.60. The molecule has 4 aromatic rings. The minimum absolute atomic E-state index is 0. The van der Waals surface area contributed by atoms with Crippen molar-refractivity contribution in [3.8, 4) is 33.8 Å². The van der Waals surface area contributed by atoms with Crippen LogP contribution in [0.4, 0.5) is 0 Å². The number of hydrogen-bond donors (Lipinski definition) is 0. The standard InChI is InChI=1S/2C19H19O.C2H4.2ClH.Hf/c2*1-3-5-14-12-16-6-4-7-18(19(16)13-14)15-8-10-17(20-2)11-9-15;1-2;;;/h2*4,6-13H,3,5H2,1-2H3;1-2H2;2*1H;/q;;;;;+2/p-2. The molecule has 0 bridgehead atoms. The van der Waals surface area contributed by atoms with E-state index in [2.05, 4.69) is 111 Å². The van der Waals surface area contributed by atoms with Gasteiger partial charge in [0.05, 0.1) is 0 Å². The summed E-state index contributed by atoms with van der Waals surface area (Å²) in [5.41, 5.74) is 15.0. The Labute approximate surface area is 286 Å². The third-order valence-electron chi connectivity index (χ3n) is 10.2. The van der Waals surface area contributed by atoms with Crippen molar-refractivity contribution in [2.75, 3.05) is 14.2 Å². The Kier molecular flexibility index (Phi) is 10.5. The molecule has 4 aromatic carbocycles. The van der Waals surface area contributed by atoms with Crippen LogP contribution in [0, 0.1) is 0 Å². The van der Waals surface area contributed by atoms with Crippen molar-refractivity contribution < 1.29 is 54.3 Å². The zero-order chi connectivity index (χ0) is 29.6. The molecule has 0 radical (unpaired) electrons. The van der Waals surface area contributed by atoms with Crippen LogP contribution in [0.1, 0.15) is 69.1 Å². The SMILES string of the molecule is CCCC1=Cc2c(-c3ccc(OC)cc3)cccc2[CH]1[Hf+2]1([CH]2C(CCC)=Cc3c(-c4ccc(OC)cc4)cccc32)[CH2][CH2]1.[Cl-].[Cl-]. The van der Waals surface area contributed by atoms with Crippen LogP contribution in [0.2, 0.25) is 8.35 Å². The Balaban J connectivity index is 0.00000200. The predicted octanol–water partition coefficient (Wildman–Crippen LogP) is 5.23. The van der Waals surface area contributed by atoms with Gasteiger partial charge in [0.1, 0.15) is 0 Å². The van der Waals surface area contributed by atoms with Crippen molar-refractivity contribution in [1.82, 2.24) is 0 Å². The first-order chi connectivity index (χ1) is 21.1. The van der Waals surface area contributed by atoms with Crippen LogP contribution in [-0.4, -0.2) is 14.2 Å². The summed E-state index contributed by atoms with van der Waals surface area (Å²) in [6.07, 6.45) is 10.1. The summed E-state index contributed by atoms with van der Waals surface area (Å²) in [7, 11) is 3.48. The van der Waals surface area contributed by atoms with E-state index in [4.69, 9.17) is 9.47 Å². The molecule has 0 aromatic heterocycles. The molecule has 45 heavy (non-hydrogen) atoms. The van der Waals surface area contributed by atoms with Gasteiger partial charge in [-0.15, -0.1) is 0 Å². The van der Waals surface area contributed by atoms with Crippen molar-refractivity contribution in [1.29, 1.82) is 0 Å². The van der Waals surface area contributed by atoms with E-state index in [1.165, 1.54) is 67.4 Å². The van der Waals surface area contributed by atoms with E-state index in [1.807, 2.05) is 0 Å². The third kappa shape index (κ3) is 5.90. The van der Waals surface area contributed by atoms with Gasteiger partial charge in [-0.25, -0.2) is 0 Å². The van der Waals surface area contributed by atoms with E-state index in [1.54, 1.807) is 36.5 Å². The largest absolute Gasteiger partial charge is 1.00 e. The van der Waals surface area contributed by atoms with Gasteiger partial charge in [0.15, 0.2) is 0 Å². The molecule has 2 unspecified atom stereocenters. The molecule has 1 heterocycles. The second kappa shape index (κ2) is 14.0. The summed E-state index contributed by atoms with van der Waals surface area (Å²) in [6, 6.07) is 31.6. The van der Waals surface area contributed by atoms with E-state index < -0.39 is 20.0 Å². The molecule has 2 atom stereocenters. The number of fused-ring (bicyclic) bond motifs is 2. The zero-order valence-electron chi connectivity index (χ0n) is 26.7. The summed E-state index contributed by atoms with van der Waals surface area (Å²) in [4.78, 5) is 0. The Bertz CT molecular complexity index is 1590. The predicted molar refractivity (Wildman–Crippen MR) is 178 cm³/mol.